The molecule has 2 rings (SSSR count). The lowest BCUT2D eigenvalue weighted by Gasteiger charge is -2.10. The highest BCUT2D eigenvalue weighted by molar-refractivity contribution is 5.57. The van der Waals surface area contributed by atoms with E-state index in [0.29, 0.717) is 17.3 Å². The maximum atomic E-state index is 5.85. The minimum atomic E-state index is 0.562. The van der Waals surface area contributed by atoms with Crippen molar-refractivity contribution >= 4 is 5.69 Å². The van der Waals surface area contributed by atoms with Gasteiger partial charge in [0, 0.05) is 12.3 Å². The largest absolute Gasteiger partial charge is 0.437 e. The van der Waals surface area contributed by atoms with Gasteiger partial charge in [0.05, 0.1) is 5.69 Å². The van der Waals surface area contributed by atoms with Crippen LogP contribution in [-0.2, 0) is 0 Å². The second kappa shape index (κ2) is 4.23. The number of anilines is 1. The Bertz CT molecular complexity index is 472. The van der Waals surface area contributed by atoms with Crippen molar-refractivity contribution in [2.24, 2.45) is 0 Å². The maximum Gasteiger partial charge on any atom is 0.219 e. The first kappa shape index (κ1) is 10.5. The quantitative estimate of drug-likeness (QED) is 0.781. The van der Waals surface area contributed by atoms with Gasteiger partial charge in [-0.25, -0.2) is 4.98 Å². The number of nitrogens with two attached hydrogens (primary N) is 1. The average molecular weight is 214 g/mol. The number of hydrogen-bond donors (Lipinski definition) is 1. The first-order valence-corrected chi connectivity index (χ1v) is 5.12. The molecule has 3 heteroatoms. The molecule has 0 fully saturated rings. The van der Waals surface area contributed by atoms with E-state index in [-0.39, 0.29) is 0 Å². The zero-order chi connectivity index (χ0) is 11.5. The molecule has 0 bridgehead atoms. The SMILES string of the molecule is Cc1ccc(Oc2c(C)cccc2N)nc1. The van der Waals surface area contributed by atoms with E-state index in [1.807, 2.05) is 44.2 Å². The van der Waals surface area contributed by atoms with Crippen molar-refractivity contribution in [3.63, 3.8) is 0 Å². The number of nitrogen functional groups attached to an aromatic ring is 1. The summed E-state index contributed by atoms with van der Waals surface area (Å²) in [7, 11) is 0. The molecule has 2 N–H and O–H groups in total. The monoisotopic (exact) mass is 214 g/mol. The molecule has 0 aliphatic carbocycles. The fourth-order valence-corrected chi connectivity index (χ4v) is 1.43. The highest BCUT2D eigenvalue weighted by Crippen LogP contribution is 2.29. The highest BCUT2D eigenvalue weighted by Gasteiger charge is 2.05. The van der Waals surface area contributed by atoms with Crippen LogP contribution in [0.4, 0.5) is 5.69 Å². The molecule has 1 aromatic heterocycles. The Balaban J connectivity index is 2.30. The Morgan fingerprint density at radius 1 is 1.12 bits per heavy atom. The second-order valence-corrected chi connectivity index (χ2v) is 3.77. The first-order valence-electron chi connectivity index (χ1n) is 5.12. The first-order chi connectivity index (χ1) is 7.66. The van der Waals surface area contributed by atoms with Gasteiger partial charge in [0.15, 0.2) is 5.75 Å². The van der Waals surface area contributed by atoms with Crippen molar-refractivity contribution < 1.29 is 4.74 Å². The molecule has 0 atom stereocenters. The summed E-state index contributed by atoms with van der Waals surface area (Å²) < 4.78 is 5.66. The van der Waals surface area contributed by atoms with Gasteiger partial charge in [0.1, 0.15) is 0 Å². The number of ether oxygens (including phenoxy) is 1. The van der Waals surface area contributed by atoms with Crippen LogP contribution in [-0.4, -0.2) is 4.98 Å². The van der Waals surface area contributed by atoms with Crippen molar-refractivity contribution in [1.82, 2.24) is 4.98 Å². The topological polar surface area (TPSA) is 48.1 Å². The predicted octanol–water partition coefficient (Wildman–Crippen LogP) is 3.07. The van der Waals surface area contributed by atoms with E-state index in [1.165, 1.54) is 0 Å². The third-order valence-electron chi connectivity index (χ3n) is 2.33. The summed E-state index contributed by atoms with van der Waals surface area (Å²) in [5, 5.41) is 0. The predicted molar refractivity (Wildman–Crippen MR) is 64.6 cm³/mol. The van der Waals surface area contributed by atoms with Crippen LogP contribution >= 0.6 is 0 Å². The summed E-state index contributed by atoms with van der Waals surface area (Å²) in [5.74, 6) is 1.24. The number of aryl methyl sites for hydroxylation is 2. The van der Waals surface area contributed by atoms with E-state index in [1.54, 1.807) is 6.20 Å². The average Bonchev–Trinajstić information content (AvgIpc) is 2.26. The molecule has 0 aliphatic heterocycles. The zero-order valence-corrected chi connectivity index (χ0v) is 9.40. The van der Waals surface area contributed by atoms with Crippen molar-refractivity contribution in [3.8, 4) is 11.6 Å². The number of rotatable bonds is 2. The molecule has 0 aliphatic rings. The van der Waals surface area contributed by atoms with Crippen LogP contribution in [0.1, 0.15) is 11.1 Å². The second-order valence-electron chi connectivity index (χ2n) is 3.77. The molecule has 0 amide bonds. The van der Waals surface area contributed by atoms with Crippen molar-refractivity contribution in [3.05, 3.63) is 47.7 Å². The number of nitrogens with zero attached hydrogens (tertiary/aromatic N) is 1. The Morgan fingerprint density at radius 2 is 1.94 bits per heavy atom. The fraction of sp³-hybridized carbons (Fsp3) is 0.154. The summed E-state index contributed by atoms with van der Waals surface area (Å²) in [5.41, 5.74) is 8.58. The van der Waals surface area contributed by atoms with Crippen LogP contribution in [0.3, 0.4) is 0 Å². The molecule has 16 heavy (non-hydrogen) atoms. The van der Waals surface area contributed by atoms with E-state index in [0.717, 1.165) is 11.1 Å². The minimum absolute atomic E-state index is 0.562. The van der Waals surface area contributed by atoms with Crippen LogP contribution < -0.4 is 10.5 Å². The summed E-state index contributed by atoms with van der Waals surface area (Å²) in [6, 6.07) is 9.47. The number of para-hydroxylation sites is 1. The van der Waals surface area contributed by atoms with E-state index >= 15 is 0 Å². The summed E-state index contributed by atoms with van der Waals surface area (Å²) in [6.07, 6.45) is 1.77. The molecule has 0 saturated carbocycles. The van der Waals surface area contributed by atoms with Crippen molar-refractivity contribution in [2.75, 3.05) is 5.73 Å². The number of pyridine rings is 1. The van der Waals surface area contributed by atoms with Crippen molar-refractivity contribution in [2.45, 2.75) is 13.8 Å². The lowest BCUT2D eigenvalue weighted by atomic mass is 10.2. The standard InChI is InChI=1S/C13H14N2O/c1-9-6-7-12(15-8-9)16-13-10(2)4-3-5-11(13)14/h3-8H,14H2,1-2H3. The van der Waals surface area contributed by atoms with E-state index in [2.05, 4.69) is 4.98 Å². The Kier molecular flexibility index (Phi) is 2.77. The molecule has 82 valence electrons. The molecule has 1 aromatic carbocycles. The van der Waals surface area contributed by atoms with Gasteiger partial charge in [-0.15, -0.1) is 0 Å². The molecule has 0 spiro atoms. The van der Waals surface area contributed by atoms with Gasteiger partial charge in [-0.3, -0.25) is 0 Å². The van der Waals surface area contributed by atoms with Crippen LogP contribution in [0.15, 0.2) is 36.5 Å². The van der Waals surface area contributed by atoms with Crippen LogP contribution in [0.25, 0.3) is 0 Å². The lowest BCUT2D eigenvalue weighted by molar-refractivity contribution is 0.461. The molecule has 3 nitrogen and oxygen atoms in total. The lowest BCUT2D eigenvalue weighted by Crippen LogP contribution is -1.95. The normalized spacial score (nSPS) is 10.1. The van der Waals surface area contributed by atoms with E-state index in [9.17, 15) is 0 Å². The third kappa shape index (κ3) is 2.14. The molecule has 2 aromatic rings. The highest BCUT2D eigenvalue weighted by atomic mass is 16.5. The molecular formula is C13H14N2O. The Labute approximate surface area is 94.9 Å². The Morgan fingerprint density at radius 3 is 2.56 bits per heavy atom. The fourth-order valence-electron chi connectivity index (χ4n) is 1.43. The van der Waals surface area contributed by atoms with Crippen LogP contribution in [0.2, 0.25) is 0 Å². The number of aromatic nitrogens is 1. The van der Waals surface area contributed by atoms with Crippen LogP contribution in [0, 0.1) is 13.8 Å². The summed E-state index contributed by atoms with van der Waals surface area (Å²) in [4.78, 5) is 4.18. The number of hydrogen-bond acceptors (Lipinski definition) is 3. The molecular weight excluding hydrogens is 200 g/mol. The van der Waals surface area contributed by atoms with Gasteiger partial charge in [-0.1, -0.05) is 18.2 Å². The molecule has 1 heterocycles. The third-order valence-corrected chi connectivity index (χ3v) is 2.33. The van der Waals surface area contributed by atoms with Gasteiger partial charge in [-0.05, 0) is 31.0 Å². The van der Waals surface area contributed by atoms with Crippen LogP contribution in [0.5, 0.6) is 11.6 Å². The smallest absolute Gasteiger partial charge is 0.219 e. The molecule has 0 saturated heterocycles. The Hall–Kier alpha value is -2.03. The zero-order valence-electron chi connectivity index (χ0n) is 9.40. The van der Waals surface area contributed by atoms with Gasteiger partial charge in [-0.2, -0.15) is 0 Å². The van der Waals surface area contributed by atoms with E-state index in [4.69, 9.17) is 10.5 Å². The minimum Gasteiger partial charge on any atom is -0.437 e. The summed E-state index contributed by atoms with van der Waals surface area (Å²) >= 11 is 0. The molecule has 0 radical (unpaired) electrons. The number of benzene rings is 1. The summed E-state index contributed by atoms with van der Waals surface area (Å²) in [6.45, 7) is 3.94. The molecule has 0 unspecified atom stereocenters. The van der Waals surface area contributed by atoms with Crippen molar-refractivity contribution in [1.29, 1.82) is 0 Å². The van der Waals surface area contributed by atoms with Gasteiger partial charge < -0.3 is 10.5 Å². The van der Waals surface area contributed by atoms with Gasteiger partial charge >= 0.3 is 0 Å². The van der Waals surface area contributed by atoms with Gasteiger partial charge in [0.25, 0.3) is 0 Å². The maximum absolute atomic E-state index is 5.85. The van der Waals surface area contributed by atoms with Gasteiger partial charge in [0.2, 0.25) is 5.88 Å². The van der Waals surface area contributed by atoms with E-state index < -0.39 is 0 Å².